The van der Waals surface area contributed by atoms with Crippen LogP contribution in [0.25, 0.3) is 0 Å². The van der Waals surface area contributed by atoms with Crippen molar-refractivity contribution in [3.8, 4) is 0 Å². The molecule has 1 rings (SSSR count). The van der Waals surface area contributed by atoms with Crippen LogP contribution < -0.4 is 5.73 Å². The number of benzene rings is 1. The molecule has 0 saturated carbocycles. The second kappa shape index (κ2) is 2.43. The molecule has 0 aliphatic heterocycles. The zero-order valence-electron chi connectivity index (χ0n) is 5.04. The van der Waals surface area contributed by atoms with E-state index in [0.717, 1.165) is 6.07 Å². The van der Waals surface area contributed by atoms with E-state index in [4.69, 9.17) is 5.73 Å². The van der Waals surface area contributed by atoms with Crippen LogP contribution >= 0.6 is 0 Å². The first-order chi connectivity index (χ1) is 4.74. The minimum atomic E-state index is -0.535. The molecule has 0 amide bonds. The first kappa shape index (κ1) is 6.67. The fourth-order valence-electron chi connectivity index (χ4n) is 0.588. The number of nitrogens with zero attached hydrogens (tertiary/aromatic N) is 1. The standard InChI is InChI=1S/C6H5FN2O/c7-5-2-1-4(9-10)3-6(5)8/h1-3H,8H2. The van der Waals surface area contributed by atoms with E-state index in [1.165, 1.54) is 12.1 Å². The SMILES string of the molecule is Nc1cc(N=O)ccc1F. The number of nitrogens with two attached hydrogens (primary N) is 1. The van der Waals surface area contributed by atoms with Crippen LogP contribution in [0.1, 0.15) is 0 Å². The third-order valence-corrected chi connectivity index (χ3v) is 1.08. The Hall–Kier alpha value is -1.45. The van der Waals surface area contributed by atoms with Gasteiger partial charge in [-0.05, 0) is 23.4 Å². The topological polar surface area (TPSA) is 55.4 Å². The van der Waals surface area contributed by atoms with Gasteiger partial charge in [0.05, 0.1) is 5.69 Å². The molecule has 4 heteroatoms. The predicted octanol–water partition coefficient (Wildman–Crippen LogP) is 1.81. The summed E-state index contributed by atoms with van der Waals surface area (Å²) in [5.41, 5.74) is 5.20. The van der Waals surface area contributed by atoms with Gasteiger partial charge in [0.2, 0.25) is 0 Å². The molecular formula is C6H5FN2O. The van der Waals surface area contributed by atoms with Crippen molar-refractivity contribution in [3.63, 3.8) is 0 Å². The quantitative estimate of drug-likeness (QED) is 0.477. The Kier molecular flexibility index (Phi) is 1.62. The summed E-state index contributed by atoms with van der Waals surface area (Å²) >= 11 is 0. The Morgan fingerprint density at radius 1 is 1.50 bits per heavy atom. The summed E-state index contributed by atoms with van der Waals surface area (Å²) in [6.45, 7) is 0. The molecule has 1 aromatic rings. The highest BCUT2D eigenvalue weighted by Crippen LogP contribution is 2.17. The molecule has 0 unspecified atom stereocenters. The molecule has 0 bridgehead atoms. The number of hydrogen-bond acceptors (Lipinski definition) is 3. The number of rotatable bonds is 1. The molecule has 0 aliphatic carbocycles. The van der Waals surface area contributed by atoms with Crippen molar-refractivity contribution in [1.82, 2.24) is 0 Å². The van der Waals surface area contributed by atoms with Crippen molar-refractivity contribution in [2.75, 3.05) is 5.73 Å². The van der Waals surface area contributed by atoms with Crippen LogP contribution in [0, 0.1) is 10.7 Å². The minimum Gasteiger partial charge on any atom is -0.396 e. The molecule has 2 N–H and O–H groups in total. The average molecular weight is 140 g/mol. The van der Waals surface area contributed by atoms with Crippen molar-refractivity contribution < 1.29 is 4.39 Å². The van der Waals surface area contributed by atoms with Crippen molar-refractivity contribution in [1.29, 1.82) is 0 Å². The lowest BCUT2D eigenvalue weighted by molar-refractivity contribution is 0.632. The van der Waals surface area contributed by atoms with E-state index < -0.39 is 5.82 Å². The van der Waals surface area contributed by atoms with Gasteiger partial charge in [-0.1, -0.05) is 0 Å². The Balaban J connectivity index is 3.16. The highest BCUT2D eigenvalue weighted by Gasteiger charge is 1.97. The smallest absolute Gasteiger partial charge is 0.146 e. The van der Waals surface area contributed by atoms with Crippen LogP contribution in [0.4, 0.5) is 15.8 Å². The largest absolute Gasteiger partial charge is 0.396 e. The maximum Gasteiger partial charge on any atom is 0.146 e. The first-order valence-electron chi connectivity index (χ1n) is 2.62. The van der Waals surface area contributed by atoms with E-state index in [-0.39, 0.29) is 11.4 Å². The van der Waals surface area contributed by atoms with Crippen LogP contribution in [-0.2, 0) is 0 Å². The summed E-state index contributed by atoms with van der Waals surface area (Å²) in [6, 6.07) is 3.55. The van der Waals surface area contributed by atoms with Gasteiger partial charge in [-0.2, -0.15) is 0 Å². The highest BCUT2D eigenvalue weighted by molar-refractivity contribution is 5.51. The molecule has 10 heavy (non-hydrogen) atoms. The number of nitroso groups, excluding NO2 is 1. The molecule has 0 fully saturated rings. The number of nitrogen functional groups attached to an aromatic ring is 1. The summed E-state index contributed by atoms with van der Waals surface area (Å²) in [5, 5.41) is 2.58. The van der Waals surface area contributed by atoms with Crippen molar-refractivity contribution in [3.05, 3.63) is 28.9 Å². The summed E-state index contributed by atoms with van der Waals surface area (Å²) < 4.78 is 12.4. The second-order valence-electron chi connectivity index (χ2n) is 1.80. The maximum atomic E-state index is 12.4. The summed E-state index contributed by atoms with van der Waals surface area (Å²) in [6.07, 6.45) is 0. The lowest BCUT2D eigenvalue weighted by atomic mass is 10.3. The van der Waals surface area contributed by atoms with Gasteiger partial charge in [-0.15, -0.1) is 4.91 Å². The maximum absolute atomic E-state index is 12.4. The zero-order valence-corrected chi connectivity index (χ0v) is 5.04. The Labute approximate surface area is 56.6 Å². The van der Waals surface area contributed by atoms with E-state index in [0.29, 0.717) is 0 Å². The minimum absolute atomic E-state index is 0.0582. The fraction of sp³-hybridized carbons (Fsp3) is 0. The molecule has 0 aliphatic rings. The molecule has 0 spiro atoms. The van der Waals surface area contributed by atoms with E-state index in [9.17, 15) is 9.30 Å². The van der Waals surface area contributed by atoms with E-state index in [1.807, 2.05) is 0 Å². The molecular weight excluding hydrogens is 135 g/mol. The molecule has 52 valence electrons. The van der Waals surface area contributed by atoms with Gasteiger partial charge >= 0.3 is 0 Å². The van der Waals surface area contributed by atoms with Gasteiger partial charge in [0.15, 0.2) is 0 Å². The number of anilines is 1. The number of halogens is 1. The predicted molar refractivity (Wildman–Crippen MR) is 36.3 cm³/mol. The molecule has 0 heterocycles. The summed E-state index contributed by atoms with van der Waals surface area (Å²) in [4.78, 5) is 9.84. The molecule has 0 atom stereocenters. The zero-order chi connectivity index (χ0) is 7.56. The molecule has 1 aromatic carbocycles. The Morgan fingerprint density at radius 2 is 2.20 bits per heavy atom. The van der Waals surface area contributed by atoms with E-state index in [1.54, 1.807) is 0 Å². The van der Waals surface area contributed by atoms with Gasteiger partial charge in [0.1, 0.15) is 11.5 Å². The van der Waals surface area contributed by atoms with Gasteiger partial charge < -0.3 is 5.73 Å². The monoisotopic (exact) mass is 140 g/mol. The normalized spacial score (nSPS) is 9.30. The molecule has 0 saturated heterocycles. The first-order valence-corrected chi connectivity index (χ1v) is 2.62. The van der Waals surface area contributed by atoms with Crippen LogP contribution in [0.2, 0.25) is 0 Å². The van der Waals surface area contributed by atoms with Crippen molar-refractivity contribution in [2.24, 2.45) is 5.18 Å². The van der Waals surface area contributed by atoms with Crippen LogP contribution in [0.3, 0.4) is 0 Å². The van der Waals surface area contributed by atoms with Gasteiger partial charge in [-0.25, -0.2) is 4.39 Å². The van der Waals surface area contributed by atoms with Gasteiger partial charge in [0.25, 0.3) is 0 Å². The second-order valence-corrected chi connectivity index (χ2v) is 1.80. The van der Waals surface area contributed by atoms with Crippen LogP contribution in [-0.4, -0.2) is 0 Å². The van der Waals surface area contributed by atoms with E-state index in [2.05, 4.69) is 5.18 Å². The summed E-state index contributed by atoms with van der Waals surface area (Å²) in [7, 11) is 0. The fourth-order valence-corrected chi connectivity index (χ4v) is 0.588. The third-order valence-electron chi connectivity index (χ3n) is 1.08. The third kappa shape index (κ3) is 1.10. The van der Waals surface area contributed by atoms with E-state index >= 15 is 0 Å². The van der Waals surface area contributed by atoms with Gasteiger partial charge in [0, 0.05) is 0 Å². The van der Waals surface area contributed by atoms with Crippen molar-refractivity contribution >= 4 is 11.4 Å². The average Bonchev–Trinajstić information content (AvgIpc) is 1.95. The highest BCUT2D eigenvalue weighted by atomic mass is 19.1. The summed E-state index contributed by atoms with van der Waals surface area (Å²) in [5.74, 6) is -0.535. The van der Waals surface area contributed by atoms with Gasteiger partial charge in [-0.3, -0.25) is 0 Å². The van der Waals surface area contributed by atoms with Crippen molar-refractivity contribution in [2.45, 2.75) is 0 Å². The molecule has 0 radical (unpaired) electrons. The number of hydrogen-bond donors (Lipinski definition) is 1. The van der Waals surface area contributed by atoms with Crippen LogP contribution in [0.15, 0.2) is 23.4 Å². The van der Waals surface area contributed by atoms with Crippen LogP contribution in [0.5, 0.6) is 0 Å². The Bertz CT molecular complexity index is 262. The molecule has 0 aromatic heterocycles. The molecule has 3 nitrogen and oxygen atoms in total. The lowest BCUT2D eigenvalue weighted by Crippen LogP contribution is -1.87. The Morgan fingerprint density at radius 3 is 2.70 bits per heavy atom. The lowest BCUT2D eigenvalue weighted by Gasteiger charge is -1.93.